The Labute approximate surface area is 69.1 Å². The van der Waals surface area contributed by atoms with E-state index in [1.807, 2.05) is 6.92 Å². The second-order valence-corrected chi connectivity index (χ2v) is 2.39. The molecule has 66 valence electrons. The molecule has 1 aromatic heterocycles. The van der Waals surface area contributed by atoms with Crippen molar-refractivity contribution in [2.75, 3.05) is 5.73 Å². The Hall–Kier alpha value is -1.59. The van der Waals surface area contributed by atoms with E-state index >= 15 is 0 Å². The Morgan fingerprint density at radius 1 is 1.75 bits per heavy atom. The monoisotopic (exact) mass is 170 g/mol. The second-order valence-electron chi connectivity index (χ2n) is 2.39. The summed E-state index contributed by atoms with van der Waals surface area (Å²) < 4.78 is 1.51. The van der Waals surface area contributed by atoms with Gasteiger partial charge in [0.25, 0.3) is 0 Å². The lowest BCUT2D eigenvalue weighted by Gasteiger charge is -1.94. The lowest BCUT2D eigenvalue weighted by Crippen LogP contribution is -1.99. The molecule has 0 aliphatic heterocycles. The third-order valence-electron chi connectivity index (χ3n) is 1.68. The smallest absolute Gasteiger partial charge is 0.333 e. The summed E-state index contributed by atoms with van der Waals surface area (Å²) in [4.78, 5) is 9.93. The predicted molar refractivity (Wildman–Crippen MR) is 43.7 cm³/mol. The fourth-order valence-corrected chi connectivity index (χ4v) is 1.09. The van der Waals surface area contributed by atoms with Crippen molar-refractivity contribution in [1.82, 2.24) is 9.78 Å². The Kier molecular flexibility index (Phi) is 1.99. The van der Waals surface area contributed by atoms with Gasteiger partial charge < -0.3 is 5.73 Å². The molecule has 0 saturated heterocycles. The Bertz CT molecular complexity index is 318. The largest absolute Gasteiger partial charge is 0.376 e. The van der Waals surface area contributed by atoms with Gasteiger partial charge in [0.1, 0.15) is 5.69 Å². The maximum Gasteiger partial charge on any atom is 0.333 e. The minimum atomic E-state index is -0.510. The van der Waals surface area contributed by atoms with Crippen LogP contribution in [0.2, 0.25) is 0 Å². The van der Waals surface area contributed by atoms with Crippen molar-refractivity contribution in [2.24, 2.45) is 0 Å². The molecule has 0 amide bonds. The molecule has 0 aliphatic rings. The molecule has 0 bridgehead atoms. The Morgan fingerprint density at radius 3 is 2.58 bits per heavy atom. The maximum atomic E-state index is 10.4. The highest BCUT2D eigenvalue weighted by molar-refractivity contribution is 5.55. The summed E-state index contributed by atoms with van der Waals surface area (Å²) in [7, 11) is 0. The first-order valence-corrected chi connectivity index (χ1v) is 3.55. The molecule has 1 heterocycles. The van der Waals surface area contributed by atoms with Crippen molar-refractivity contribution in [3.05, 3.63) is 15.8 Å². The number of hydrogen-bond donors (Lipinski definition) is 1. The molecule has 0 saturated carbocycles. The van der Waals surface area contributed by atoms with Crippen LogP contribution in [0.1, 0.15) is 12.6 Å². The van der Waals surface area contributed by atoms with E-state index in [2.05, 4.69) is 5.10 Å². The van der Waals surface area contributed by atoms with E-state index < -0.39 is 4.92 Å². The molecule has 2 N–H and O–H groups in total. The molecular formula is C6H10N4O2. The van der Waals surface area contributed by atoms with Crippen molar-refractivity contribution in [2.45, 2.75) is 20.4 Å². The third-order valence-corrected chi connectivity index (χ3v) is 1.68. The lowest BCUT2D eigenvalue weighted by atomic mass is 10.4. The van der Waals surface area contributed by atoms with Crippen LogP contribution in [0.25, 0.3) is 0 Å². The molecule has 0 spiro atoms. The number of anilines is 1. The third kappa shape index (κ3) is 1.11. The summed E-state index contributed by atoms with van der Waals surface area (Å²) in [5.41, 5.74) is 5.76. The normalized spacial score (nSPS) is 10.2. The first-order valence-electron chi connectivity index (χ1n) is 3.55. The number of aromatic nitrogens is 2. The summed E-state index contributed by atoms with van der Waals surface area (Å²) in [5.74, 6) is -0.0145. The van der Waals surface area contributed by atoms with Crippen LogP contribution in [0.3, 0.4) is 0 Å². The zero-order valence-electron chi connectivity index (χ0n) is 6.94. The molecule has 6 heteroatoms. The van der Waals surface area contributed by atoms with Gasteiger partial charge in [-0.3, -0.25) is 14.8 Å². The van der Waals surface area contributed by atoms with Gasteiger partial charge in [-0.05, 0) is 13.8 Å². The predicted octanol–water partition coefficient (Wildman–Crippen LogP) is 0.702. The van der Waals surface area contributed by atoms with E-state index in [-0.39, 0.29) is 11.5 Å². The standard InChI is InChI=1S/C6H10N4O2/c1-3-9-4(2)5(10(11)12)6(7)8-9/h3H2,1-2H3,(H2,7,8). The van der Waals surface area contributed by atoms with Crippen LogP contribution in [0.5, 0.6) is 0 Å². The number of nitrogens with two attached hydrogens (primary N) is 1. The van der Waals surface area contributed by atoms with Crippen molar-refractivity contribution in [3.63, 3.8) is 0 Å². The van der Waals surface area contributed by atoms with Crippen LogP contribution in [-0.4, -0.2) is 14.7 Å². The molecule has 6 nitrogen and oxygen atoms in total. The molecular weight excluding hydrogens is 160 g/mol. The molecule has 12 heavy (non-hydrogen) atoms. The van der Waals surface area contributed by atoms with Crippen LogP contribution in [0, 0.1) is 17.0 Å². The van der Waals surface area contributed by atoms with Crippen molar-refractivity contribution in [1.29, 1.82) is 0 Å². The summed E-state index contributed by atoms with van der Waals surface area (Å²) in [6.07, 6.45) is 0. The minimum absolute atomic E-state index is 0.0145. The highest BCUT2D eigenvalue weighted by Crippen LogP contribution is 2.23. The van der Waals surface area contributed by atoms with E-state index in [0.717, 1.165) is 0 Å². The molecule has 0 aliphatic carbocycles. The van der Waals surface area contributed by atoms with E-state index in [9.17, 15) is 10.1 Å². The van der Waals surface area contributed by atoms with Crippen molar-refractivity contribution in [3.8, 4) is 0 Å². The Balaban J connectivity index is 3.28. The van der Waals surface area contributed by atoms with E-state index in [4.69, 9.17) is 5.73 Å². The fourth-order valence-electron chi connectivity index (χ4n) is 1.09. The number of nitrogens with zero attached hydrogens (tertiary/aromatic N) is 3. The average Bonchev–Trinajstić information content (AvgIpc) is 2.25. The van der Waals surface area contributed by atoms with E-state index in [1.165, 1.54) is 4.68 Å². The molecule has 0 atom stereocenters. The van der Waals surface area contributed by atoms with E-state index in [1.54, 1.807) is 6.92 Å². The number of nitrogen functional groups attached to an aromatic ring is 1. The lowest BCUT2D eigenvalue weighted by molar-refractivity contribution is -0.384. The summed E-state index contributed by atoms with van der Waals surface area (Å²) in [6, 6.07) is 0. The molecule has 1 rings (SSSR count). The highest BCUT2D eigenvalue weighted by Gasteiger charge is 2.21. The topological polar surface area (TPSA) is 87.0 Å². The summed E-state index contributed by atoms with van der Waals surface area (Å²) in [5, 5.41) is 14.2. The molecule has 1 aromatic rings. The molecule has 0 fully saturated rings. The number of aryl methyl sites for hydroxylation is 1. The van der Waals surface area contributed by atoms with Crippen LogP contribution in [-0.2, 0) is 6.54 Å². The molecule has 0 unspecified atom stereocenters. The minimum Gasteiger partial charge on any atom is -0.376 e. The van der Waals surface area contributed by atoms with Crippen LogP contribution < -0.4 is 5.73 Å². The van der Waals surface area contributed by atoms with Gasteiger partial charge in [-0.15, -0.1) is 5.10 Å². The Morgan fingerprint density at radius 2 is 2.33 bits per heavy atom. The van der Waals surface area contributed by atoms with E-state index in [0.29, 0.717) is 12.2 Å². The fraction of sp³-hybridized carbons (Fsp3) is 0.500. The zero-order chi connectivity index (χ0) is 9.30. The van der Waals surface area contributed by atoms with Crippen LogP contribution in [0.15, 0.2) is 0 Å². The first kappa shape index (κ1) is 8.51. The van der Waals surface area contributed by atoms with Gasteiger partial charge >= 0.3 is 5.69 Å². The highest BCUT2D eigenvalue weighted by atomic mass is 16.6. The average molecular weight is 170 g/mol. The van der Waals surface area contributed by atoms with Gasteiger partial charge in [0.05, 0.1) is 4.92 Å². The quantitative estimate of drug-likeness (QED) is 0.522. The van der Waals surface area contributed by atoms with Crippen LogP contribution in [0.4, 0.5) is 11.5 Å². The van der Waals surface area contributed by atoms with Gasteiger partial charge in [-0.1, -0.05) is 0 Å². The summed E-state index contributed by atoms with van der Waals surface area (Å²) in [6.45, 7) is 4.07. The van der Waals surface area contributed by atoms with Gasteiger partial charge in [0.2, 0.25) is 5.82 Å². The molecule has 0 aromatic carbocycles. The molecule has 0 radical (unpaired) electrons. The zero-order valence-corrected chi connectivity index (χ0v) is 6.94. The first-order chi connectivity index (χ1) is 5.57. The SMILES string of the molecule is CCn1nc(N)c([N+](=O)[O-])c1C. The van der Waals surface area contributed by atoms with Gasteiger partial charge in [-0.25, -0.2) is 0 Å². The summed E-state index contributed by atoms with van der Waals surface area (Å²) >= 11 is 0. The van der Waals surface area contributed by atoms with Crippen molar-refractivity contribution >= 4 is 11.5 Å². The number of nitro groups is 1. The second kappa shape index (κ2) is 2.80. The number of hydrogen-bond acceptors (Lipinski definition) is 4. The van der Waals surface area contributed by atoms with Gasteiger partial charge in [0, 0.05) is 6.54 Å². The maximum absolute atomic E-state index is 10.4. The number of rotatable bonds is 2. The van der Waals surface area contributed by atoms with Crippen molar-refractivity contribution < 1.29 is 4.92 Å². The van der Waals surface area contributed by atoms with Crippen LogP contribution >= 0.6 is 0 Å². The van der Waals surface area contributed by atoms with Gasteiger partial charge in [0.15, 0.2) is 0 Å². The van der Waals surface area contributed by atoms with Gasteiger partial charge in [-0.2, -0.15) is 0 Å².